The van der Waals surface area contributed by atoms with Crippen LogP contribution in [0.2, 0.25) is 0 Å². The van der Waals surface area contributed by atoms with E-state index in [1.807, 2.05) is 12.1 Å². The summed E-state index contributed by atoms with van der Waals surface area (Å²) >= 11 is 3.34. The Balaban J connectivity index is 2.36. The lowest BCUT2D eigenvalue weighted by atomic mass is 10.0. The van der Waals surface area contributed by atoms with Gasteiger partial charge in [-0.2, -0.15) is 5.26 Å². The van der Waals surface area contributed by atoms with E-state index in [4.69, 9.17) is 4.74 Å². The van der Waals surface area contributed by atoms with Gasteiger partial charge in [-0.05, 0) is 55.3 Å². The number of halogens is 1. The van der Waals surface area contributed by atoms with Gasteiger partial charge in [0.05, 0.1) is 6.61 Å². The fourth-order valence-corrected chi connectivity index (χ4v) is 2.83. The maximum Gasteiger partial charge on any atom is 0.266 e. The van der Waals surface area contributed by atoms with Gasteiger partial charge in [-0.1, -0.05) is 28.1 Å². The summed E-state index contributed by atoms with van der Waals surface area (Å²) < 4.78 is 6.26. The molecule has 0 aliphatic carbocycles. The lowest BCUT2D eigenvalue weighted by molar-refractivity contribution is -0.112. The van der Waals surface area contributed by atoms with Crippen molar-refractivity contribution in [2.75, 3.05) is 11.9 Å². The number of phenols is 1. The second kappa shape index (κ2) is 9.60. The second-order valence-corrected chi connectivity index (χ2v) is 6.50. The van der Waals surface area contributed by atoms with Gasteiger partial charge in [-0.15, -0.1) is 6.58 Å². The number of ether oxygens (including phenoxy) is 1. The zero-order chi connectivity index (χ0) is 19.8. The maximum atomic E-state index is 12.4. The molecule has 0 heterocycles. The van der Waals surface area contributed by atoms with Crippen LogP contribution in [-0.4, -0.2) is 17.6 Å². The van der Waals surface area contributed by atoms with Gasteiger partial charge in [0.25, 0.3) is 5.91 Å². The van der Waals surface area contributed by atoms with E-state index in [1.54, 1.807) is 43.3 Å². The summed E-state index contributed by atoms with van der Waals surface area (Å²) in [6, 6.07) is 12.3. The molecule has 2 aromatic rings. The van der Waals surface area contributed by atoms with E-state index in [2.05, 4.69) is 27.8 Å². The average Bonchev–Trinajstić information content (AvgIpc) is 2.63. The zero-order valence-corrected chi connectivity index (χ0v) is 16.4. The number of rotatable bonds is 7. The van der Waals surface area contributed by atoms with Crippen LogP contribution < -0.4 is 10.1 Å². The van der Waals surface area contributed by atoms with Crippen molar-refractivity contribution < 1.29 is 14.6 Å². The highest BCUT2D eigenvalue weighted by atomic mass is 79.9. The first-order chi connectivity index (χ1) is 13.0. The number of carbonyl (C=O) groups excluding carboxylic acids is 1. The van der Waals surface area contributed by atoms with Crippen molar-refractivity contribution in [3.05, 3.63) is 70.2 Å². The van der Waals surface area contributed by atoms with Gasteiger partial charge >= 0.3 is 0 Å². The van der Waals surface area contributed by atoms with Crippen molar-refractivity contribution in [3.63, 3.8) is 0 Å². The number of phenolic OH excluding ortho intramolecular Hbond substituents is 1. The summed E-state index contributed by atoms with van der Waals surface area (Å²) in [6.07, 6.45) is 3.55. The lowest BCUT2D eigenvalue weighted by Gasteiger charge is -2.11. The van der Waals surface area contributed by atoms with E-state index >= 15 is 0 Å². The van der Waals surface area contributed by atoms with E-state index in [1.165, 1.54) is 6.08 Å². The van der Waals surface area contributed by atoms with Crippen LogP contribution in [-0.2, 0) is 11.2 Å². The van der Waals surface area contributed by atoms with Crippen LogP contribution in [0.25, 0.3) is 6.08 Å². The monoisotopic (exact) mass is 426 g/mol. The van der Waals surface area contributed by atoms with Gasteiger partial charge in [-0.3, -0.25) is 4.79 Å². The number of nitrogens with one attached hydrogen (secondary N) is 1. The molecule has 2 aromatic carbocycles. The number of anilines is 1. The van der Waals surface area contributed by atoms with Crippen LogP contribution in [0.1, 0.15) is 18.1 Å². The van der Waals surface area contributed by atoms with E-state index in [0.29, 0.717) is 35.6 Å². The Kier molecular flexibility index (Phi) is 7.21. The van der Waals surface area contributed by atoms with Crippen LogP contribution in [0.5, 0.6) is 11.5 Å². The Morgan fingerprint density at radius 2 is 2.19 bits per heavy atom. The van der Waals surface area contributed by atoms with Gasteiger partial charge in [0.1, 0.15) is 11.6 Å². The van der Waals surface area contributed by atoms with Crippen LogP contribution in [0, 0.1) is 11.3 Å². The third-order valence-electron chi connectivity index (χ3n) is 3.60. The quantitative estimate of drug-likeness (QED) is 0.377. The molecule has 0 aliphatic heterocycles. The first kappa shape index (κ1) is 20.3. The molecule has 0 aliphatic rings. The predicted octanol–water partition coefficient (Wildman–Crippen LogP) is 4.83. The summed E-state index contributed by atoms with van der Waals surface area (Å²) in [5, 5.41) is 22.3. The minimum atomic E-state index is -0.521. The van der Waals surface area contributed by atoms with E-state index < -0.39 is 5.91 Å². The van der Waals surface area contributed by atoms with Gasteiger partial charge in [-0.25, -0.2) is 0 Å². The molecule has 138 valence electrons. The van der Waals surface area contributed by atoms with Crippen molar-refractivity contribution in [2.24, 2.45) is 0 Å². The number of amides is 1. The molecule has 0 saturated carbocycles. The fraction of sp³-hybridized carbons (Fsp3) is 0.143. The lowest BCUT2D eigenvalue weighted by Crippen LogP contribution is -2.13. The first-order valence-electron chi connectivity index (χ1n) is 8.26. The second-order valence-electron chi connectivity index (χ2n) is 5.59. The highest BCUT2D eigenvalue weighted by Gasteiger charge is 2.13. The SMILES string of the molecule is C=CCc1cc(/C=C(/C#N)C(=O)Nc2cccc(Br)c2)cc(OCC)c1O. The number of nitriles is 1. The van der Waals surface area contributed by atoms with E-state index in [9.17, 15) is 15.2 Å². The molecular formula is C21H19BrN2O3. The first-order valence-corrected chi connectivity index (χ1v) is 9.06. The molecule has 0 saturated heterocycles. The van der Waals surface area contributed by atoms with Crippen molar-refractivity contribution >= 4 is 33.6 Å². The Labute approximate surface area is 166 Å². The Hall–Kier alpha value is -3.04. The number of aromatic hydroxyl groups is 1. The summed E-state index contributed by atoms with van der Waals surface area (Å²) in [5.74, 6) is -0.189. The molecule has 0 spiro atoms. The number of hydrogen-bond acceptors (Lipinski definition) is 4. The Bertz CT molecular complexity index is 930. The average molecular weight is 427 g/mol. The van der Waals surface area contributed by atoms with Gasteiger partial charge in [0, 0.05) is 15.7 Å². The van der Waals surface area contributed by atoms with Gasteiger partial charge < -0.3 is 15.2 Å². The molecule has 0 aromatic heterocycles. The minimum absolute atomic E-state index is 0.0333. The van der Waals surface area contributed by atoms with Crippen molar-refractivity contribution in [3.8, 4) is 17.6 Å². The van der Waals surface area contributed by atoms with Crippen molar-refractivity contribution in [1.29, 1.82) is 5.26 Å². The third kappa shape index (κ3) is 5.47. The summed E-state index contributed by atoms with van der Waals surface area (Å²) in [7, 11) is 0. The summed E-state index contributed by atoms with van der Waals surface area (Å²) in [4.78, 5) is 12.4. The molecule has 0 fully saturated rings. The van der Waals surface area contributed by atoms with Crippen LogP contribution in [0.3, 0.4) is 0 Å². The highest BCUT2D eigenvalue weighted by molar-refractivity contribution is 9.10. The normalized spacial score (nSPS) is 10.8. The number of nitrogens with zero attached hydrogens (tertiary/aromatic N) is 1. The molecule has 27 heavy (non-hydrogen) atoms. The standard InChI is InChI=1S/C21H19BrN2O3/c1-3-6-15-9-14(11-19(20(15)25)27-4-2)10-16(13-23)21(26)24-18-8-5-7-17(22)12-18/h3,5,7-12,25H,1,4,6H2,2H3,(H,24,26)/b16-10-. The minimum Gasteiger partial charge on any atom is -0.504 e. The molecule has 0 bridgehead atoms. The predicted molar refractivity (Wildman–Crippen MR) is 110 cm³/mol. The Morgan fingerprint density at radius 1 is 1.41 bits per heavy atom. The summed E-state index contributed by atoms with van der Waals surface area (Å²) in [6.45, 7) is 5.86. The summed E-state index contributed by atoms with van der Waals surface area (Å²) in [5.41, 5.74) is 1.69. The maximum absolute atomic E-state index is 12.4. The molecule has 2 rings (SSSR count). The molecule has 5 nitrogen and oxygen atoms in total. The molecule has 6 heteroatoms. The fourth-order valence-electron chi connectivity index (χ4n) is 2.43. The number of hydrogen-bond donors (Lipinski definition) is 2. The molecular weight excluding hydrogens is 408 g/mol. The van der Waals surface area contributed by atoms with Crippen LogP contribution in [0.4, 0.5) is 5.69 Å². The van der Waals surface area contributed by atoms with Crippen molar-refractivity contribution in [2.45, 2.75) is 13.3 Å². The molecule has 0 unspecified atom stereocenters. The molecule has 2 N–H and O–H groups in total. The number of benzene rings is 2. The topological polar surface area (TPSA) is 82.4 Å². The zero-order valence-electron chi connectivity index (χ0n) is 14.8. The number of allylic oxidation sites excluding steroid dienone is 1. The van der Waals surface area contributed by atoms with Crippen molar-refractivity contribution in [1.82, 2.24) is 0 Å². The highest BCUT2D eigenvalue weighted by Crippen LogP contribution is 2.33. The molecule has 1 amide bonds. The largest absolute Gasteiger partial charge is 0.504 e. The van der Waals surface area contributed by atoms with Gasteiger partial charge in [0.2, 0.25) is 0 Å². The molecule has 0 radical (unpaired) electrons. The smallest absolute Gasteiger partial charge is 0.266 e. The van der Waals surface area contributed by atoms with Crippen LogP contribution >= 0.6 is 15.9 Å². The third-order valence-corrected chi connectivity index (χ3v) is 4.09. The van der Waals surface area contributed by atoms with E-state index in [0.717, 1.165) is 4.47 Å². The molecule has 0 atom stereocenters. The Morgan fingerprint density at radius 3 is 2.81 bits per heavy atom. The number of carbonyl (C=O) groups is 1. The van der Waals surface area contributed by atoms with E-state index in [-0.39, 0.29) is 11.3 Å². The van der Waals surface area contributed by atoms with Crippen LogP contribution in [0.15, 0.2) is 59.1 Å². The van der Waals surface area contributed by atoms with Gasteiger partial charge in [0.15, 0.2) is 11.5 Å².